The summed E-state index contributed by atoms with van der Waals surface area (Å²) in [7, 11) is 0. The first-order valence-corrected chi connectivity index (χ1v) is 9.68. The molecule has 0 spiro atoms. The maximum atomic E-state index is 4.65. The zero-order valence-corrected chi connectivity index (χ0v) is 16.1. The van der Waals surface area contributed by atoms with Gasteiger partial charge in [-0.2, -0.15) is 0 Å². The molecular weight excluding hydrogens is 350 g/mol. The molecule has 1 N–H and O–H groups in total. The summed E-state index contributed by atoms with van der Waals surface area (Å²) in [6.07, 6.45) is 4.54. The maximum absolute atomic E-state index is 4.65. The molecule has 28 heavy (non-hydrogen) atoms. The zero-order chi connectivity index (χ0) is 19.2. The summed E-state index contributed by atoms with van der Waals surface area (Å²) in [6.45, 7) is 6.32. The van der Waals surface area contributed by atoms with Crippen LogP contribution in [-0.4, -0.2) is 52.7 Å². The number of hydrogen-bond acceptors (Lipinski definition) is 7. The van der Waals surface area contributed by atoms with Gasteiger partial charge in [-0.25, -0.2) is 19.9 Å². The molecule has 1 aromatic carbocycles. The Morgan fingerprint density at radius 3 is 2.36 bits per heavy atom. The van der Waals surface area contributed by atoms with E-state index in [4.69, 9.17) is 0 Å². The molecule has 1 saturated heterocycles. The zero-order valence-electron chi connectivity index (χ0n) is 16.1. The number of benzene rings is 1. The second-order valence-electron chi connectivity index (χ2n) is 6.84. The molecule has 0 radical (unpaired) electrons. The van der Waals surface area contributed by atoms with E-state index in [0.29, 0.717) is 0 Å². The molecule has 1 fully saturated rings. The molecule has 0 saturated carbocycles. The Kier molecular flexibility index (Phi) is 5.61. The van der Waals surface area contributed by atoms with Gasteiger partial charge in [-0.05, 0) is 25.0 Å². The first-order chi connectivity index (χ1) is 13.8. The molecule has 3 aromatic rings. The van der Waals surface area contributed by atoms with Gasteiger partial charge < -0.3 is 15.1 Å². The van der Waals surface area contributed by atoms with Gasteiger partial charge in [0, 0.05) is 51.2 Å². The van der Waals surface area contributed by atoms with Crippen LogP contribution in [0.1, 0.15) is 11.4 Å². The standard InChI is InChI=1S/C21H25N7/c1-17-25-19(22-11-8-18-6-3-2-4-7-18)16-20(26-17)27-12-14-28(15-13-27)21-23-9-5-10-24-21/h2-7,9-10,16H,8,11-15H2,1H3,(H,22,25,26). The van der Waals surface area contributed by atoms with Crippen molar-refractivity contribution in [2.75, 3.05) is 47.8 Å². The summed E-state index contributed by atoms with van der Waals surface area (Å²) < 4.78 is 0. The molecular formula is C21H25N7. The fraction of sp³-hybridized carbons (Fsp3) is 0.333. The number of anilines is 3. The number of hydrogen-bond donors (Lipinski definition) is 1. The van der Waals surface area contributed by atoms with Gasteiger partial charge in [-0.1, -0.05) is 30.3 Å². The molecule has 7 heteroatoms. The van der Waals surface area contributed by atoms with Crippen molar-refractivity contribution in [1.82, 2.24) is 19.9 Å². The summed E-state index contributed by atoms with van der Waals surface area (Å²) in [5, 5.41) is 3.44. The van der Waals surface area contributed by atoms with E-state index in [-0.39, 0.29) is 0 Å². The number of rotatable bonds is 6. The lowest BCUT2D eigenvalue weighted by atomic mass is 10.1. The number of piperazine rings is 1. The van der Waals surface area contributed by atoms with Gasteiger partial charge in [-0.3, -0.25) is 0 Å². The van der Waals surface area contributed by atoms with E-state index in [9.17, 15) is 0 Å². The Bertz CT molecular complexity index is 878. The lowest BCUT2D eigenvalue weighted by molar-refractivity contribution is 0.633. The molecule has 7 nitrogen and oxygen atoms in total. The average molecular weight is 375 g/mol. The van der Waals surface area contributed by atoms with Crippen LogP contribution < -0.4 is 15.1 Å². The van der Waals surface area contributed by atoms with E-state index in [1.54, 1.807) is 12.4 Å². The summed E-state index contributed by atoms with van der Waals surface area (Å²) in [5.41, 5.74) is 1.32. The third kappa shape index (κ3) is 4.54. The Labute approximate surface area is 165 Å². The van der Waals surface area contributed by atoms with E-state index < -0.39 is 0 Å². The second kappa shape index (κ2) is 8.65. The first kappa shape index (κ1) is 18.2. The minimum Gasteiger partial charge on any atom is -0.370 e. The summed E-state index contributed by atoms with van der Waals surface area (Å²) in [5.74, 6) is 3.44. The third-order valence-electron chi connectivity index (χ3n) is 4.83. The molecule has 3 heterocycles. The highest BCUT2D eigenvalue weighted by atomic mass is 15.3. The summed E-state index contributed by atoms with van der Waals surface area (Å²) in [4.78, 5) is 22.4. The van der Waals surface area contributed by atoms with E-state index in [0.717, 1.165) is 62.6 Å². The Morgan fingerprint density at radius 1 is 0.893 bits per heavy atom. The predicted molar refractivity (Wildman–Crippen MR) is 112 cm³/mol. The molecule has 2 aromatic heterocycles. The van der Waals surface area contributed by atoms with Crippen LogP contribution in [0, 0.1) is 6.92 Å². The smallest absolute Gasteiger partial charge is 0.225 e. The van der Waals surface area contributed by atoms with Crippen LogP contribution in [-0.2, 0) is 6.42 Å². The molecule has 144 valence electrons. The molecule has 1 aliphatic heterocycles. The highest BCUT2D eigenvalue weighted by molar-refractivity contribution is 5.50. The Balaban J connectivity index is 1.36. The monoisotopic (exact) mass is 375 g/mol. The van der Waals surface area contributed by atoms with Crippen molar-refractivity contribution in [3.63, 3.8) is 0 Å². The number of nitrogens with zero attached hydrogens (tertiary/aromatic N) is 6. The molecule has 0 unspecified atom stereocenters. The quantitative estimate of drug-likeness (QED) is 0.710. The highest BCUT2D eigenvalue weighted by Gasteiger charge is 2.20. The van der Waals surface area contributed by atoms with Gasteiger partial charge in [0.05, 0.1) is 0 Å². The SMILES string of the molecule is Cc1nc(NCCc2ccccc2)cc(N2CCN(c3ncccn3)CC2)n1. The molecule has 0 amide bonds. The van der Waals surface area contributed by atoms with Crippen LogP contribution in [0.2, 0.25) is 0 Å². The molecule has 0 aliphatic carbocycles. The summed E-state index contributed by atoms with van der Waals surface area (Å²) in [6, 6.07) is 14.4. The minimum absolute atomic E-state index is 0.786. The predicted octanol–water partition coefficient (Wildman–Crippen LogP) is 2.56. The lowest BCUT2D eigenvalue weighted by Gasteiger charge is -2.35. The number of aryl methyl sites for hydroxylation is 1. The fourth-order valence-corrected chi connectivity index (χ4v) is 3.37. The van der Waals surface area contributed by atoms with Gasteiger partial charge in [0.1, 0.15) is 17.5 Å². The topological polar surface area (TPSA) is 70.1 Å². The van der Waals surface area contributed by atoms with E-state index in [2.05, 4.69) is 59.3 Å². The summed E-state index contributed by atoms with van der Waals surface area (Å²) >= 11 is 0. The van der Waals surface area contributed by atoms with Crippen molar-refractivity contribution in [3.05, 3.63) is 66.2 Å². The molecule has 1 aliphatic rings. The van der Waals surface area contributed by atoms with Crippen LogP contribution >= 0.6 is 0 Å². The van der Waals surface area contributed by atoms with Crippen LogP contribution in [0.5, 0.6) is 0 Å². The van der Waals surface area contributed by atoms with Crippen LogP contribution in [0.15, 0.2) is 54.9 Å². The third-order valence-corrected chi connectivity index (χ3v) is 4.83. The average Bonchev–Trinajstić information content (AvgIpc) is 2.75. The van der Waals surface area contributed by atoms with Crippen molar-refractivity contribution in [2.45, 2.75) is 13.3 Å². The Morgan fingerprint density at radius 2 is 1.61 bits per heavy atom. The number of nitrogens with one attached hydrogen (secondary N) is 1. The largest absolute Gasteiger partial charge is 0.370 e. The Hall–Kier alpha value is -3.22. The van der Waals surface area contributed by atoms with Crippen LogP contribution in [0.25, 0.3) is 0 Å². The van der Waals surface area contributed by atoms with Crippen LogP contribution in [0.3, 0.4) is 0 Å². The highest BCUT2D eigenvalue weighted by Crippen LogP contribution is 2.19. The van der Waals surface area contributed by atoms with Crippen LogP contribution in [0.4, 0.5) is 17.6 Å². The first-order valence-electron chi connectivity index (χ1n) is 9.68. The second-order valence-corrected chi connectivity index (χ2v) is 6.84. The minimum atomic E-state index is 0.786. The van der Waals surface area contributed by atoms with E-state index in [1.165, 1.54) is 5.56 Å². The van der Waals surface area contributed by atoms with E-state index in [1.807, 2.05) is 25.1 Å². The molecule has 0 atom stereocenters. The van der Waals surface area contributed by atoms with Crippen molar-refractivity contribution in [3.8, 4) is 0 Å². The van der Waals surface area contributed by atoms with Gasteiger partial charge in [-0.15, -0.1) is 0 Å². The maximum Gasteiger partial charge on any atom is 0.225 e. The van der Waals surface area contributed by atoms with Gasteiger partial charge >= 0.3 is 0 Å². The van der Waals surface area contributed by atoms with Crippen molar-refractivity contribution in [2.24, 2.45) is 0 Å². The van der Waals surface area contributed by atoms with Gasteiger partial charge in [0.15, 0.2) is 0 Å². The van der Waals surface area contributed by atoms with Gasteiger partial charge in [0.2, 0.25) is 5.95 Å². The van der Waals surface area contributed by atoms with Crippen molar-refractivity contribution < 1.29 is 0 Å². The van der Waals surface area contributed by atoms with E-state index >= 15 is 0 Å². The fourth-order valence-electron chi connectivity index (χ4n) is 3.37. The van der Waals surface area contributed by atoms with Crippen molar-refractivity contribution >= 4 is 17.6 Å². The van der Waals surface area contributed by atoms with Gasteiger partial charge in [0.25, 0.3) is 0 Å². The normalized spacial score (nSPS) is 14.2. The number of aromatic nitrogens is 4. The van der Waals surface area contributed by atoms with Crippen molar-refractivity contribution in [1.29, 1.82) is 0 Å². The molecule has 0 bridgehead atoms. The lowest BCUT2D eigenvalue weighted by Crippen LogP contribution is -2.47. The molecule has 4 rings (SSSR count).